The van der Waals surface area contributed by atoms with Crippen LogP contribution in [0.1, 0.15) is 32.1 Å². The molecule has 0 bridgehead atoms. The van der Waals surface area contributed by atoms with Crippen molar-refractivity contribution in [1.82, 2.24) is 0 Å². The van der Waals surface area contributed by atoms with Gasteiger partial charge in [0.15, 0.2) is 0 Å². The summed E-state index contributed by atoms with van der Waals surface area (Å²) < 4.78 is 0. The van der Waals surface area contributed by atoms with E-state index in [1.54, 1.807) is 0 Å². The van der Waals surface area contributed by atoms with Crippen molar-refractivity contribution >= 4 is 0 Å². The summed E-state index contributed by atoms with van der Waals surface area (Å²) >= 11 is 0. The van der Waals surface area contributed by atoms with E-state index in [1.165, 1.54) is 30.9 Å². The Balaban J connectivity index is 2.55. The van der Waals surface area contributed by atoms with Gasteiger partial charge in [-0.3, -0.25) is 0 Å². The molecular weight excluding hydrogens is 122 g/mol. The highest BCUT2D eigenvalue weighted by Gasteiger charge is 2.02. The van der Waals surface area contributed by atoms with Gasteiger partial charge in [0, 0.05) is 0 Å². The molecule has 0 N–H and O–H groups in total. The van der Waals surface area contributed by atoms with Crippen LogP contribution in [-0.4, -0.2) is 0 Å². The van der Waals surface area contributed by atoms with E-state index in [1.807, 2.05) is 6.07 Å². The molecular formula is C9H11N. The first-order valence-corrected chi connectivity index (χ1v) is 3.76. The molecule has 10 heavy (non-hydrogen) atoms. The van der Waals surface area contributed by atoms with Gasteiger partial charge in [-0.25, -0.2) is 0 Å². The molecule has 0 aromatic carbocycles. The average Bonchev–Trinajstić information content (AvgIpc) is 2.03. The summed E-state index contributed by atoms with van der Waals surface area (Å²) in [5.41, 5.74) is 4.33. The van der Waals surface area contributed by atoms with Crippen LogP contribution in [0.25, 0.3) is 0 Å². The van der Waals surface area contributed by atoms with Crippen LogP contribution in [0.3, 0.4) is 0 Å². The lowest BCUT2D eigenvalue weighted by Gasteiger charge is -2.09. The van der Waals surface area contributed by atoms with Crippen molar-refractivity contribution in [2.75, 3.05) is 0 Å². The van der Waals surface area contributed by atoms with Crippen molar-refractivity contribution in [3.05, 3.63) is 17.4 Å². The number of allylic oxidation sites excluding steroid dienone is 1. The lowest BCUT2D eigenvalue weighted by molar-refractivity contribution is 0.600. The maximum Gasteiger partial charge on any atom is 0.0996 e. The smallest absolute Gasteiger partial charge is 0.0996 e. The van der Waals surface area contributed by atoms with Crippen molar-refractivity contribution in [2.24, 2.45) is 0 Å². The van der Waals surface area contributed by atoms with Crippen molar-refractivity contribution in [3.8, 4) is 6.07 Å². The Kier molecular flexibility index (Phi) is 2.80. The third-order valence-electron chi connectivity index (χ3n) is 1.80. The molecule has 0 aromatic heterocycles. The summed E-state index contributed by atoms with van der Waals surface area (Å²) in [6, 6.07) is 1.96. The molecule has 0 aromatic rings. The van der Waals surface area contributed by atoms with Crippen molar-refractivity contribution in [3.63, 3.8) is 0 Å². The number of hydrogen-bond acceptors (Lipinski definition) is 1. The molecule has 52 valence electrons. The van der Waals surface area contributed by atoms with Crippen LogP contribution in [0, 0.1) is 11.3 Å². The minimum atomic E-state index is 1.15. The molecule has 0 saturated heterocycles. The fraction of sp³-hybridized carbons (Fsp3) is 0.556. The molecule has 0 radical (unpaired) electrons. The summed E-state index contributed by atoms with van der Waals surface area (Å²) in [5.74, 6) is 0. The first-order valence-electron chi connectivity index (χ1n) is 3.76. The maximum absolute atomic E-state index is 8.22. The van der Waals surface area contributed by atoms with Crippen molar-refractivity contribution in [1.29, 1.82) is 5.26 Å². The minimum absolute atomic E-state index is 1.15. The summed E-state index contributed by atoms with van der Waals surface area (Å²) in [5, 5.41) is 8.22. The zero-order valence-electron chi connectivity index (χ0n) is 6.06. The van der Waals surface area contributed by atoms with Crippen LogP contribution >= 0.6 is 0 Å². The van der Waals surface area contributed by atoms with Gasteiger partial charge in [0.1, 0.15) is 0 Å². The molecule has 0 amide bonds. The highest BCUT2D eigenvalue weighted by molar-refractivity contribution is 5.10. The molecule has 1 fully saturated rings. The van der Waals surface area contributed by atoms with Gasteiger partial charge in [0.05, 0.1) is 12.1 Å². The van der Waals surface area contributed by atoms with Gasteiger partial charge in [0.2, 0.25) is 0 Å². The van der Waals surface area contributed by atoms with E-state index in [2.05, 4.69) is 5.73 Å². The second kappa shape index (κ2) is 3.93. The Morgan fingerprint density at radius 1 is 1.20 bits per heavy atom. The SMILES string of the molecule is N#CC=C=C1CCCCC1. The minimum Gasteiger partial charge on any atom is -0.192 e. The molecule has 0 aliphatic heterocycles. The van der Waals surface area contributed by atoms with Crippen LogP contribution in [0.15, 0.2) is 17.4 Å². The molecule has 1 saturated carbocycles. The van der Waals surface area contributed by atoms with Crippen molar-refractivity contribution < 1.29 is 0 Å². The molecule has 1 aliphatic rings. The predicted molar refractivity (Wildman–Crippen MR) is 40.3 cm³/mol. The van der Waals surface area contributed by atoms with Gasteiger partial charge < -0.3 is 0 Å². The zero-order chi connectivity index (χ0) is 7.23. The highest BCUT2D eigenvalue weighted by Crippen LogP contribution is 2.21. The van der Waals surface area contributed by atoms with E-state index in [0.29, 0.717) is 0 Å². The first kappa shape index (κ1) is 7.12. The van der Waals surface area contributed by atoms with Gasteiger partial charge >= 0.3 is 0 Å². The Hall–Kier alpha value is -0.990. The van der Waals surface area contributed by atoms with Gasteiger partial charge in [-0.2, -0.15) is 5.26 Å². The van der Waals surface area contributed by atoms with E-state index < -0.39 is 0 Å². The van der Waals surface area contributed by atoms with Crippen LogP contribution < -0.4 is 0 Å². The van der Waals surface area contributed by atoms with Gasteiger partial charge in [-0.15, -0.1) is 5.73 Å². The van der Waals surface area contributed by atoms with E-state index in [0.717, 1.165) is 12.8 Å². The second-order valence-electron chi connectivity index (χ2n) is 2.58. The molecule has 1 nitrogen and oxygen atoms in total. The summed E-state index contributed by atoms with van der Waals surface area (Å²) in [6.07, 6.45) is 7.66. The average molecular weight is 133 g/mol. The first-order chi connectivity index (χ1) is 4.93. The van der Waals surface area contributed by atoms with Crippen LogP contribution in [0.2, 0.25) is 0 Å². The Labute approximate surface area is 61.7 Å². The molecule has 0 heterocycles. The van der Waals surface area contributed by atoms with E-state index in [4.69, 9.17) is 5.26 Å². The number of rotatable bonds is 0. The molecule has 1 heteroatoms. The quantitative estimate of drug-likeness (QED) is 0.368. The summed E-state index contributed by atoms with van der Waals surface area (Å²) in [4.78, 5) is 0. The third kappa shape index (κ3) is 2.09. The molecule has 1 aliphatic carbocycles. The number of nitrogens with zero attached hydrogens (tertiary/aromatic N) is 1. The Morgan fingerprint density at radius 3 is 2.50 bits per heavy atom. The Bertz CT molecular complexity index is 193. The summed E-state index contributed by atoms with van der Waals surface area (Å²) in [7, 11) is 0. The van der Waals surface area contributed by atoms with Crippen LogP contribution in [-0.2, 0) is 0 Å². The highest BCUT2D eigenvalue weighted by atomic mass is 14.2. The third-order valence-corrected chi connectivity index (χ3v) is 1.80. The second-order valence-corrected chi connectivity index (χ2v) is 2.58. The molecule has 0 unspecified atom stereocenters. The maximum atomic E-state index is 8.22. The lowest BCUT2D eigenvalue weighted by atomic mass is 9.96. The van der Waals surface area contributed by atoms with E-state index in [-0.39, 0.29) is 0 Å². The fourth-order valence-corrected chi connectivity index (χ4v) is 1.26. The molecule has 0 atom stereocenters. The standard InChI is InChI=1S/C9H11N/c10-8-4-7-9-5-2-1-3-6-9/h4H,1-3,5-6H2. The zero-order valence-corrected chi connectivity index (χ0v) is 6.06. The molecule has 0 spiro atoms. The fourth-order valence-electron chi connectivity index (χ4n) is 1.26. The Morgan fingerprint density at radius 2 is 1.90 bits per heavy atom. The van der Waals surface area contributed by atoms with Gasteiger partial charge in [-0.1, -0.05) is 6.42 Å². The topological polar surface area (TPSA) is 23.8 Å². The summed E-state index contributed by atoms with van der Waals surface area (Å²) in [6.45, 7) is 0. The lowest BCUT2D eigenvalue weighted by Crippen LogP contribution is -1.91. The largest absolute Gasteiger partial charge is 0.192 e. The van der Waals surface area contributed by atoms with E-state index >= 15 is 0 Å². The van der Waals surface area contributed by atoms with Crippen LogP contribution in [0.4, 0.5) is 0 Å². The van der Waals surface area contributed by atoms with Crippen LogP contribution in [0.5, 0.6) is 0 Å². The predicted octanol–water partition coefficient (Wildman–Crippen LogP) is 2.56. The number of hydrogen-bond donors (Lipinski definition) is 0. The normalized spacial score (nSPS) is 17.3. The number of nitriles is 1. The monoisotopic (exact) mass is 133 g/mol. The van der Waals surface area contributed by atoms with Gasteiger partial charge in [-0.05, 0) is 31.3 Å². The van der Waals surface area contributed by atoms with Gasteiger partial charge in [0.25, 0.3) is 0 Å². The van der Waals surface area contributed by atoms with E-state index in [9.17, 15) is 0 Å². The van der Waals surface area contributed by atoms with Crippen molar-refractivity contribution in [2.45, 2.75) is 32.1 Å². The molecule has 1 rings (SSSR count).